The molecule has 0 aromatic heterocycles. The number of nitrogens with one attached hydrogen (secondary N) is 1. The Balaban J connectivity index is 1.50. The predicted molar refractivity (Wildman–Crippen MR) is 104 cm³/mol. The summed E-state index contributed by atoms with van der Waals surface area (Å²) in [5, 5.41) is 2.82. The van der Waals surface area contributed by atoms with Crippen LogP contribution in [0, 0.1) is 11.7 Å². The fraction of sp³-hybridized carbons (Fsp3) is 0.381. The minimum Gasteiger partial charge on any atom is -0.326 e. The molecule has 0 unspecified atom stereocenters. The molecule has 6 heteroatoms. The Morgan fingerprint density at radius 3 is 2.15 bits per heavy atom. The smallest absolute Gasteiger partial charge is 0.224 e. The second kappa shape index (κ2) is 8.21. The van der Waals surface area contributed by atoms with Crippen LogP contribution in [0.2, 0.25) is 0 Å². The third-order valence-corrected chi connectivity index (χ3v) is 6.36. The van der Waals surface area contributed by atoms with Gasteiger partial charge < -0.3 is 5.32 Å². The Morgan fingerprint density at radius 1 is 1.00 bits per heavy atom. The minimum absolute atomic E-state index is 0.0393. The number of rotatable bonds is 5. The summed E-state index contributed by atoms with van der Waals surface area (Å²) in [6.07, 6.45) is 5.60. The van der Waals surface area contributed by atoms with Crippen molar-refractivity contribution in [3.8, 4) is 0 Å². The molecule has 3 rings (SSSR count). The molecule has 0 spiro atoms. The van der Waals surface area contributed by atoms with Crippen LogP contribution in [0.15, 0.2) is 53.4 Å². The maximum atomic E-state index is 12.9. The molecule has 2 aromatic carbocycles. The number of hydrogen-bond donors (Lipinski definition) is 1. The van der Waals surface area contributed by atoms with Gasteiger partial charge in [0.05, 0.1) is 4.90 Å². The van der Waals surface area contributed by atoms with Crippen LogP contribution in [-0.4, -0.2) is 20.6 Å². The van der Waals surface area contributed by atoms with Crippen molar-refractivity contribution >= 4 is 21.4 Å². The van der Waals surface area contributed by atoms with Crippen LogP contribution in [0.1, 0.15) is 43.6 Å². The first-order chi connectivity index (χ1) is 12.8. The number of carbonyl (C=O) groups excluding carboxylic acids is 1. The number of halogens is 1. The van der Waals surface area contributed by atoms with Gasteiger partial charge in [-0.2, -0.15) is 0 Å². The first-order valence-corrected chi connectivity index (χ1v) is 11.1. The van der Waals surface area contributed by atoms with E-state index >= 15 is 0 Å². The van der Waals surface area contributed by atoms with Gasteiger partial charge in [-0.3, -0.25) is 4.79 Å². The number of hydrogen-bond acceptors (Lipinski definition) is 3. The van der Waals surface area contributed by atoms with Crippen molar-refractivity contribution < 1.29 is 17.6 Å². The lowest BCUT2D eigenvalue weighted by Gasteiger charge is -2.28. The Hall–Kier alpha value is -2.21. The van der Waals surface area contributed by atoms with Crippen LogP contribution in [0.4, 0.5) is 10.1 Å². The molecule has 1 N–H and O–H groups in total. The minimum atomic E-state index is -3.17. The highest BCUT2D eigenvalue weighted by Gasteiger charge is 2.24. The number of benzene rings is 2. The second-order valence-corrected chi connectivity index (χ2v) is 9.33. The molecule has 1 aliphatic rings. The molecular weight excluding hydrogens is 365 g/mol. The molecule has 2 aromatic rings. The van der Waals surface area contributed by atoms with Crippen molar-refractivity contribution in [2.75, 3.05) is 11.6 Å². The summed E-state index contributed by atoms with van der Waals surface area (Å²) < 4.78 is 36.0. The Labute approximate surface area is 159 Å². The fourth-order valence-electron chi connectivity index (χ4n) is 3.69. The van der Waals surface area contributed by atoms with E-state index in [4.69, 9.17) is 0 Å². The molecule has 27 heavy (non-hydrogen) atoms. The summed E-state index contributed by atoms with van der Waals surface area (Å²) in [5.74, 6) is 0.394. The van der Waals surface area contributed by atoms with Crippen molar-refractivity contribution in [2.24, 2.45) is 5.92 Å². The quantitative estimate of drug-likeness (QED) is 0.817. The zero-order valence-electron chi connectivity index (χ0n) is 15.3. The third kappa shape index (κ3) is 5.39. The van der Waals surface area contributed by atoms with Crippen LogP contribution >= 0.6 is 0 Å². The van der Waals surface area contributed by atoms with E-state index < -0.39 is 9.84 Å². The zero-order chi connectivity index (χ0) is 19.4. The van der Waals surface area contributed by atoms with E-state index in [-0.39, 0.29) is 11.7 Å². The van der Waals surface area contributed by atoms with Crippen LogP contribution in [0.3, 0.4) is 0 Å². The van der Waals surface area contributed by atoms with Crippen molar-refractivity contribution in [2.45, 2.75) is 42.9 Å². The first kappa shape index (κ1) is 19.5. The molecule has 1 fully saturated rings. The van der Waals surface area contributed by atoms with E-state index in [1.807, 2.05) is 12.1 Å². The lowest BCUT2D eigenvalue weighted by Crippen LogP contribution is -2.20. The monoisotopic (exact) mass is 389 g/mol. The standard InChI is InChI=1S/C21H24FNO3S/c1-27(25,26)20-12-6-17(7-13-20)16-4-2-15(3-5-16)14-21(24)23-19-10-8-18(22)9-11-19/h6-13,15-16H,2-5,14H2,1H3,(H,23,24)/t15-,16+. The van der Waals surface area contributed by atoms with E-state index in [1.165, 1.54) is 18.4 Å². The molecule has 1 aliphatic carbocycles. The molecule has 0 heterocycles. The van der Waals surface area contributed by atoms with Gasteiger partial charge in [-0.15, -0.1) is 0 Å². The maximum absolute atomic E-state index is 12.9. The highest BCUT2D eigenvalue weighted by molar-refractivity contribution is 7.90. The third-order valence-electron chi connectivity index (χ3n) is 5.23. The summed E-state index contributed by atoms with van der Waals surface area (Å²) in [6.45, 7) is 0. The molecule has 0 radical (unpaired) electrons. The number of sulfone groups is 1. The highest BCUT2D eigenvalue weighted by atomic mass is 32.2. The lowest BCUT2D eigenvalue weighted by molar-refractivity contribution is -0.117. The van der Waals surface area contributed by atoms with Gasteiger partial charge >= 0.3 is 0 Å². The fourth-order valence-corrected chi connectivity index (χ4v) is 4.32. The zero-order valence-corrected chi connectivity index (χ0v) is 16.1. The van der Waals surface area contributed by atoms with Crippen molar-refractivity contribution in [1.29, 1.82) is 0 Å². The SMILES string of the molecule is CS(=O)(=O)c1ccc([C@H]2CC[C@@H](CC(=O)Nc3ccc(F)cc3)CC2)cc1. The Morgan fingerprint density at radius 2 is 1.59 bits per heavy atom. The van der Waals surface area contributed by atoms with Crippen LogP contribution < -0.4 is 5.32 Å². The van der Waals surface area contributed by atoms with E-state index in [2.05, 4.69) is 5.32 Å². The van der Waals surface area contributed by atoms with Gasteiger partial charge in [0.25, 0.3) is 0 Å². The predicted octanol–water partition coefficient (Wildman–Crippen LogP) is 4.53. The Bertz CT molecular complexity index is 884. The van der Waals surface area contributed by atoms with Crippen LogP contribution in [-0.2, 0) is 14.6 Å². The van der Waals surface area contributed by atoms with E-state index in [9.17, 15) is 17.6 Å². The van der Waals surface area contributed by atoms with Gasteiger partial charge in [0.1, 0.15) is 5.82 Å². The van der Waals surface area contributed by atoms with E-state index in [0.717, 1.165) is 31.2 Å². The van der Waals surface area contributed by atoms with Gasteiger partial charge in [-0.25, -0.2) is 12.8 Å². The largest absolute Gasteiger partial charge is 0.326 e. The topological polar surface area (TPSA) is 63.2 Å². The Kier molecular flexibility index (Phi) is 5.95. The molecule has 0 bridgehead atoms. The van der Waals surface area contributed by atoms with Gasteiger partial charge in [0.15, 0.2) is 9.84 Å². The van der Waals surface area contributed by atoms with Crippen LogP contribution in [0.25, 0.3) is 0 Å². The van der Waals surface area contributed by atoms with Gasteiger partial charge in [-0.05, 0) is 79.5 Å². The molecule has 0 atom stereocenters. The molecule has 0 aliphatic heterocycles. The van der Waals surface area contributed by atoms with Gasteiger partial charge in [0.2, 0.25) is 5.91 Å². The summed E-state index contributed by atoms with van der Waals surface area (Å²) in [6, 6.07) is 12.9. The maximum Gasteiger partial charge on any atom is 0.224 e. The molecule has 1 amide bonds. The number of amides is 1. The number of anilines is 1. The highest BCUT2D eigenvalue weighted by Crippen LogP contribution is 2.37. The molecule has 1 saturated carbocycles. The second-order valence-electron chi connectivity index (χ2n) is 7.32. The summed E-state index contributed by atoms with van der Waals surface area (Å²) in [7, 11) is -3.17. The summed E-state index contributed by atoms with van der Waals surface area (Å²) in [5.41, 5.74) is 1.78. The molecular formula is C21H24FNO3S. The first-order valence-electron chi connectivity index (χ1n) is 9.17. The van der Waals surface area contributed by atoms with Crippen molar-refractivity contribution in [3.63, 3.8) is 0 Å². The van der Waals surface area contributed by atoms with Crippen LogP contribution in [0.5, 0.6) is 0 Å². The van der Waals surface area contributed by atoms with E-state index in [0.29, 0.717) is 28.8 Å². The van der Waals surface area contributed by atoms with Gasteiger partial charge in [-0.1, -0.05) is 12.1 Å². The summed E-state index contributed by atoms with van der Waals surface area (Å²) >= 11 is 0. The molecule has 144 valence electrons. The van der Waals surface area contributed by atoms with Crippen molar-refractivity contribution in [3.05, 3.63) is 59.9 Å². The molecule has 4 nitrogen and oxygen atoms in total. The van der Waals surface area contributed by atoms with E-state index in [1.54, 1.807) is 24.3 Å². The number of carbonyl (C=O) groups is 1. The normalized spacial score (nSPS) is 20.2. The molecule has 0 saturated heterocycles. The van der Waals surface area contributed by atoms with Gasteiger partial charge in [0, 0.05) is 18.4 Å². The average Bonchev–Trinajstić information content (AvgIpc) is 2.64. The summed E-state index contributed by atoms with van der Waals surface area (Å²) in [4.78, 5) is 12.5. The average molecular weight is 389 g/mol. The van der Waals surface area contributed by atoms with Crippen molar-refractivity contribution in [1.82, 2.24) is 0 Å². The lowest BCUT2D eigenvalue weighted by atomic mass is 9.77.